The van der Waals surface area contributed by atoms with Crippen molar-refractivity contribution in [2.24, 2.45) is 5.73 Å². The van der Waals surface area contributed by atoms with E-state index < -0.39 is 12.1 Å². The average Bonchev–Trinajstić information content (AvgIpc) is 3.15. The summed E-state index contributed by atoms with van der Waals surface area (Å²) in [6.45, 7) is 0.850. The van der Waals surface area contributed by atoms with Crippen molar-refractivity contribution < 1.29 is 19.1 Å². The predicted molar refractivity (Wildman–Crippen MR) is 119 cm³/mol. The molecule has 3 heterocycles. The number of nitrogens with zero attached hydrogens (tertiary/aromatic N) is 2. The van der Waals surface area contributed by atoms with E-state index >= 15 is 0 Å². The molecule has 8 nitrogen and oxygen atoms in total. The molecule has 32 heavy (non-hydrogen) atoms. The van der Waals surface area contributed by atoms with E-state index in [4.69, 9.17) is 20.2 Å². The first-order valence-corrected chi connectivity index (χ1v) is 10.6. The third-order valence-corrected chi connectivity index (χ3v) is 5.62. The lowest BCUT2D eigenvalue weighted by atomic mass is 10.0. The van der Waals surface area contributed by atoms with E-state index in [9.17, 15) is 14.4 Å². The number of carbonyl (C=O) groups is 2. The molecule has 0 fully saturated rings. The van der Waals surface area contributed by atoms with Crippen molar-refractivity contribution in [2.45, 2.75) is 38.5 Å². The number of aldehydes is 1. The number of ether oxygens (including phenoxy) is 2. The maximum atomic E-state index is 13.3. The normalized spacial score (nSPS) is 12.9. The van der Waals surface area contributed by atoms with Crippen LogP contribution in [-0.4, -0.2) is 35.5 Å². The molecule has 1 atom stereocenters. The van der Waals surface area contributed by atoms with Crippen LogP contribution in [0.15, 0.2) is 41.2 Å². The number of unbranched alkanes of at least 4 members (excludes halogenated alkanes) is 1. The first-order valence-electron chi connectivity index (χ1n) is 10.6. The quantitative estimate of drug-likeness (QED) is 0.244. The molecule has 8 heteroatoms. The summed E-state index contributed by atoms with van der Waals surface area (Å²) in [6.07, 6.45) is 0.750. The van der Waals surface area contributed by atoms with Gasteiger partial charge in [-0.1, -0.05) is 18.2 Å². The van der Waals surface area contributed by atoms with Crippen molar-refractivity contribution in [1.29, 1.82) is 0 Å². The van der Waals surface area contributed by atoms with Crippen LogP contribution in [-0.2, 0) is 32.2 Å². The van der Waals surface area contributed by atoms with Crippen molar-refractivity contribution in [3.8, 4) is 11.4 Å². The van der Waals surface area contributed by atoms with E-state index in [2.05, 4.69) is 0 Å². The Labute approximate surface area is 185 Å². The first-order chi connectivity index (χ1) is 15.6. The zero-order chi connectivity index (χ0) is 22.7. The van der Waals surface area contributed by atoms with Gasteiger partial charge in [-0.3, -0.25) is 14.4 Å². The number of nitrogens with two attached hydrogens (primary N) is 1. The number of para-hydroxylation sites is 1. The topological polar surface area (TPSA) is 114 Å². The monoisotopic (exact) mass is 435 g/mol. The molecule has 1 unspecified atom stereocenters. The molecular formula is C24H25N3O5. The number of hydrogen-bond acceptors (Lipinski definition) is 7. The van der Waals surface area contributed by atoms with Crippen molar-refractivity contribution in [1.82, 2.24) is 9.55 Å². The molecule has 0 saturated heterocycles. The molecule has 1 aliphatic heterocycles. The highest BCUT2D eigenvalue weighted by molar-refractivity contribution is 5.84. The van der Waals surface area contributed by atoms with Crippen LogP contribution in [0.2, 0.25) is 0 Å². The van der Waals surface area contributed by atoms with Gasteiger partial charge in [-0.15, -0.1) is 0 Å². The zero-order valence-electron chi connectivity index (χ0n) is 17.9. The number of aromatic nitrogens is 2. The van der Waals surface area contributed by atoms with Gasteiger partial charge in [-0.2, -0.15) is 0 Å². The van der Waals surface area contributed by atoms with Crippen molar-refractivity contribution in [2.75, 3.05) is 13.7 Å². The van der Waals surface area contributed by atoms with Gasteiger partial charge >= 0.3 is 5.97 Å². The van der Waals surface area contributed by atoms with Crippen LogP contribution in [0, 0.1) is 0 Å². The summed E-state index contributed by atoms with van der Waals surface area (Å²) in [6, 6.07) is 11.5. The summed E-state index contributed by atoms with van der Waals surface area (Å²) < 4.78 is 12.3. The summed E-state index contributed by atoms with van der Waals surface area (Å²) in [4.78, 5) is 42.2. The highest BCUT2D eigenvalue weighted by Gasteiger charge is 2.29. The van der Waals surface area contributed by atoms with Crippen LogP contribution in [0.4, 0.5) is 0 Å². The van der Waals surface area contributed by atoms with E-state index in [1.807, 2.05) is 30.3 Å². The summed E-state index contributed by atoms with van der Waals surface area (Å²) in [7, 11) is 1.47. The van der Waals surface area contributed by atoms with Gasteiger partial charge < -0.3 is 19.8 Å². The number of carbonyl (C=O) groups excluding carboxylic acids is 2. The van der Waals surface area contributed by atoms with Gasteiger partial charge in [0.2, 0.25) is 0 Å². The Balaban J connectivity index is 1.78. The minimum Gasteiger partial charge on any atom is -0.450 e. The summed E-state index contributed by atoms with van der Waals surface area (Å²) in [5, 5.41) is 0.988. The molecule has 2 N–H and O–H groups in total. The molecule has 1 aliphatic rings. The first kappa shape index (κ1) is 21.9. The standard InChI is InChI=1S/C24H25N3O5/c1-31-14-18-17(21(13-28)32-22(29)8-4-5-9-25)11-20-23-16(12-27(20)24(18)30)10-15-6-2-3-7-19(15)26-23/h2-3,6-7,10-11,13,21H,4-5,8-9,12,14,25H2,1H3. The molecule has 0 saturated carbocycles. The van der Waals surface area contributed by atoms with Crippen molar-refractivity contribution >= 4 is 23.2 Å². The Morgan fingerprint density at radius 3 is 2.84 bits per heavy atom. The fourth-order valence-corrected chi connectivity index (χ4v) is 4.06. The Morgan fingerprint density at radius 2 is 2.09 bits per heavy atom. The lowest BCUT2D eigenvalue weighted by Gasteiger charge is -2.18. The fraction of sp³-hybridized carbons (Fsp3) is 0.333. The lowest BCUT2D eigenvalue weighted by Crippen LogP contribution is -2.27. The SMILES string of the molecule is COCc1c(C(C=O)OC(=O)CCCCN)cc2n(c1=O)Cc1cc3ccccc3nc1-2. The summed E-state index contributed by atoms with van der Waals surface area (Å²) >= 11 is 0. The number of fused-ring (bicyclic) bond motifs is 4. The third-order valence-electron chi connectivity index (χ3n) is 5.62. The van der Waals surface area contributed by atoms with Crippen LogP contribution in [0.5, 0.6) is 0 Å². The Morgan fingerprint density at radius 1 is 1.28 bits per heavy atom. The molecule has 0 aliphatic carbocycles. The van der Waals surface area contributed by atoms with Gasteiger partial charge in [-0.05, 0) is 37.6 Å². The molecule has 1 aromatic carbocycles. The van der Waals surface area contributed by atoms with E-state index in [1.165, 1.54) is 7.11 Å². The van der Waals surface area contributed by atoms with Crippen LogP contribution in [0.1, 0.15) is 42.1 Å². The number of hydrogen-bond donors (Lipinski definition) is 1. The zero-order valence-corrected chi connectivity index (χ0v) is 17.9. The second kappa shape index (κ2) is 9.42. The predicted octanol–water partition coefficient (Wildman–Crippen LogP) is 2.48. The Bertz CT molecular complexity index is 1230. The summed E-state index contributed by atoms with van der Waals surface area (Å²) in [5.74, 6) is -0.510. The molecule has 3 aromatic rings. The Hall–Kier alpha value is -3.36. The second-order valence-electron chi connectivity index (χ2n) is 7.77. The third kappa shape index (κ3) is 4.06. The average molecular weight is 435 g/mol. The highest BCUT2D eigenvalue weighted by atomic mass is 16.5. The highest BCUT2D eigenvalue weighted by Crippen LogP contribution is 2.34. The largest absolute Gasteiger partial charge is 0.450 e. The van der Waals surface area contributed by atoms with E-state index in [0.717, 1.165) is 16.5 Å². The molecular weight excluding hydrogens is 410 g/mol. The van der Waals surface area contributed by atoms with E-state index in [-0.39, 0.29) is 18.6 Å². The number of pyridine rings is 2. The molecule has 4 rings (SSSR count). The van der Waals surface area contributed by atoms with Crippen molar-refractivity contribution in [3.63, 3.8) is 0 Å². The number of rotatable bonds is 9. The van der Waals surface area contributed by atoms with Gasteiger partial charge in [0.25, 0.3) is 5.56 Å². The molecule has 0 radical (unpaired) electrons. The second-order valence-corrected chi connectivity index (χ2v) is 7.77. The van der Waals surface area contributed by atoms with Crippen LogP contribution in [0.25, 0.3) is 22.3 Å². The van der Waals surface area contributed by atoms with Crippen LogP contribution >= 0.6 is 0 Å². The van der Waals surface area contributed by atoms with Crippen LogP contribution < -0.4 is 11.3 Å². The maximum Gasteiger partial charge on any atom is 0.306 e. The van der Waals surface area contributed by atoms with Crippen molar-refractivity contribution in [3.05, 3.63) is 63.4 Å². The van der Waals surface area contributed by atoms with Gasteiger partial charge in [0, 0.05) is 30.0 Å². The lowest BCUT2D eigenvalue weighted by molar-refractivity contribution is -0.152. The molecule has 166 valence electrons. The smallest absolute Gasteiger partial charge is 0.306 e. The Kier molecular flexibility index (Phi) is 6.43. The number of benzene rings is 1. The molecule has 0 bridgehead atoms. The van der Waals surface area contributed by atoms with Gasteiger partial charge in [0.05, 0.1) is 35.6 Å². The fourth-order valence-electron chi connectivity index (χ4n) is 4.06. The minimum atomic E-state index is -1.20. The van der Waals surface area contributed by atoms with Crippen LogP contribution in [0.3, 0.4) is 0 Å². The van der Waals surface area contributed by atoms with Gasteiger partial charge in [0.15, 0.2) is 12.4 Å². The molecule has 0 spiro atoms. The summed E-state index contributed by atoms with van der Waals surface area (Å²) in [5.41, 5.74) is 8.81. The molecule has 2 aromatic heterocycles. The van der Waals surface area contributed by atoms with Gasteiger partial charge in [0.1, 0.15) is 0 Å². The van der Waals surface area contributed by atoms with E-state index in [1.54, 1.807) is 10.6 Å². The van der Waals surface area contributed by atoms with E-state index in [0.29, 0.717) is 54.7 Å². The van der Waals surface area contributed by atoms with Gasteiger partial charge in [-0.25, -0.2) is 4.98 Å². The number of esters is 1. The minimum absolute atomic E-state index is 0.00470. The number of methoxy groups -OCH3 is 1. The maximum absolute atomic E-state index is 13.3. The molecule has 0 amide bonds.